The Morgan fingerprint density at radius 1 is 1.26 bits per heavy atom. The lowest BCUT2D eigenvalue weighted by molar-refractivity contribution is -0.144. The number of phenols is 2. The van der Waals surface area contributed by atoms with E-state index in [2.05, 4.69) is 5.32 Å². The molecule has 106 valence electrons. The summed E-state index contributed by atoms with van der Waals surface area (Å²) >= 11 is 0. The van der Waals surface area contributed by atoms with Crippen LogP contribution in [-0.4, -0.2) is 29.3 Å². The zero-order chi connectivity index (χ0) is 14.6. The molecule has 1 aromatic rings. The van der Waals surface area contributed by atoms with Gasteiger partial charge in [0.2, 0.25) is 0 Å². The van der Waals surface area contributed by atoms with Crippen molar-refractivity contribution in [3.63, 3.8) is 0 Å². The van der Waals surface area contributed by atoms with Gasteiger partial charge < -0.3 is 14.9 Å². The molecule has 0 bridgehead atoms. The lowest BCUT2D eigenvalue weighted by Crippen LogP contribution is -2.42. The van der Waals surface area contributed by atoms with Gasteiger partial charge in [0, 0.05) is 11.6 Å². The molecule has 5 nitrogen and oxygen atoms in total. The molecule has 1 unspecified atom stereocenters. The van der Waals surface area contributed by atoms with Gasteiger partial charge in [-0.3, -0.25) is 10.1 Å². The summed E-state index contributed by atoms with van der Waals surface area (Å²) in [6.45, 7) is 5.63. The number of phenolic OH excluding ortho intramolecular Hbond substituents is 2. The molecular formula is C14H21NO4. The molecular weight excluding hydrogens is 246 g/mol. The third kappa shape index (κ3) is 3.86. The van der Waals surface area contributed by atoms with E-state index in [1.165, 1.54) is 25.3 Å². The van der Waals surface area contributed by atoms with Gasteiger partial charge in [-0.25, -0.2) is 0 Å². The Labute approximate surface area is 113 Å². The number of methoxy groups -OCH3 is 1. The van der Waals surface area contributed by atoms with E-state index < -0.39 is 6.04 Å². The predicted molar refractivity (Wildman–Crippen MR) is 72.0 cm³/mol. The first-order chi connectivity index (χ1) is 8.86. The Balaban J connectivity index is 2.90. The van der Waals surface area contributed by atoms with Gasteiger partial charge in [-0.2, -0.15) is 0 Å². The molecule has 1 aromatic carbocycles. The Morgan fingerprint density at radius 2 is 1.89 bits per heavy atom. The third-order valence-corrected chi connectivity index (χ3v) is 3.03. The van der Waals surface area contributed by atoms with Gasteiger partial charge in [0.05, 0.1) is 7.11 Å². The molecule has 19 heavy (non-hydrogen) atoms. The van der Waals surface area contributed by atoms with Crippen molar-refractivity contribution >= 4 is 5.97 Å². The van der Waals surface area contributed by atoms with Crippen molar-refractivity contribution in [3.8, 4) is 11.5 Å². The zero-order valence-electron chi connectivity index (χ0n) is 11.7. The molecule has 5 heteroatoms. The molecule has 0 fully saturated rings. The first kappa shape index (κ1) is 15.3. The van der Waals surface area contributed by atoms with Crippen LogP contribution in [0.4, 0.5) is 0 Å². The summed E-state index contributed by atoms with van der Waals surface area (Å²) in [6, 6.07) is 3.54. The van der Waals surface area contributed by atoms with Crippen LogP contribution in [0, 0.1) is 5.92 Å². The summed E-state index contributed by atoms with van der Waals surface area (Å²) in [5.74, 6) is -0.151. The summed E-state index contributed by atoms with van der Waals surface area (Å²) in [4.78, 5) is 11.7. The van der Waals surface area contributed by atoms with Crippen LogP contribution >= 0.6 is 0 Å². The number of hydrogen-bond acceptors (Lipinski definition) is 5. The molecule has 0 aliphatic carbocycles. The van der Waals surface area contributed by atoms with Crippen LogP contribution < -0.4 is 5.32 Å². The summed E-state index contributed by atoms with van der Waals surface area (Å²) < 4.78 is 4.75. The number of rotatable bonds is 5. The normalized spacial score (nSPS) is 14.2. The Morgan fingerprint density at radius 3 is 2.42 bits per heavy atom. The fourth-order valence-corrected chi connectivity index (χ4v) is 1.91. The highest BCUT2D eigenvalue weighted by Crippen LogP contribution is 2.28. The maximum absolute atomic E-state index is 11.7. The van der Waals surface area contributed by atoms with Crippen LogP contribution in [0.5, 0.6) is 11.5 Å². The largest absolute Gasteiger partial charge is 0.508 e. The van der Waals surface area contributed by atoms with Gasteiger partial charge in [0.15, 0.2) is 0 Å². The molecule has 0 aliphatic heterocycles. The van der Waals surface area contributed by atoms with E-state index >= 15 is 0 Å². The van der Waals surface area contributed by atoms with Gasteiger partial charge in [-0.1, -0.05) is 13.8 Å². The van der Waals surface area contributed by atoms with E-state index in [9.17, 15) is 15.0 Å². The predicted octanol–water partition coefficient (Wildman–Crippen LogP) is 1.95. The monoisotopic (exact) mass is 267 g/mol. The van der Waals surface area contributed by atoms with Crippen LogP contribution in [0.1, 0.15) is 32.4 Å². The van der Waals surface area contributed by atoms with Gasteiger partial charge in [0.1, 0.15) is 17.5 Å². The molecule has 0 heterocycles. The summed E-state index contributed by atoms with van der Waals surface area (Å²) in [5, 5.41) is 22.3. The van der Waals surface area contributed by atoms with Crippen molar-refractivity contribution in [3.05, 3.63) is 23.8 Å². The van der Waals surface area contributed by atoms with Gasteiger partial charge in [-0.15, -0.1) is 0 Å². The van der Waals surface area contributed by atoms with E-state index in [-0.39, 0.29) is 29.4 Å². The number of carbonyl (C=O) groups excluding carboxylic acids is 1. The average Bonchev–Trinajstić information content (AvgIpc) is 2.37. The fourth-order valence-electron chi connectivity index (χ4n) is 1.91. The van der Waals surface area contributed by atoms with Crippen LogP contribution in [-0.2, 0) is 9.53 Å². The van der Waals surface area contributed by atoms with Crippen LogP contribution in [0.15, 0.2) is 18.2 Å². The maximum atomic E-state index is 11.7. The Hall–Kier alpha value is -1.75. The van der Waals surface area contributed by atoms with E-state index in [0.717, 1.165) is 0 Å². The number of nitrogens with one attached hydrogen (secondary N) is 1. The molecule has 0 aromatic heterocycles. The number of ether oxygens (including phenoxy) is 1. The number of benzene rings is 1. The van der Waals surface area contributed by atoms with Crippen molar-refractivity contribution in [2.75, 3.05) is 7.11 Å². The first-order valence-corrected chi connectivity index (χ1v) is 6.22. The quantitative estimate of drug-likeness (QED) is 0.561. The number of carbonyl (C=O) groups is 1. The van der Waals surface area contributed by atoms with Crippen molar-refractivity contribution < 1.29 is 19.7 Å². The van der Waals surface area contributed by atoms with E-state index in [4.69, 9.17) is 4.74 Å². The smallest absolute Gasteiger partial charge is 0.323 e. The SMILES string of the molecule is COC(=O)[C@@H](NC(C)c1cc(O)ccc1O)C(C)C. The second-order valence-corrected chi connectivity index (χ2v) is 4.88. The maximum Gasteiger partial charge on any atom is 0.323 e. The van der Waals surface area contributed by atoms with Crippen molar-refractivity contribution in [1.82, 2.24) is 5.32 Å². The Kier molecular flexibility index (Phi) is 5.18. The topological polar surface area (TPSA) is 78.8 Å². The Bertz CT molecular complexity index is 445. The lowest BCUT2D eigenvalue weighted by atomic mass is 10.0. The van der Waals surface area contributed by atoms with Crippen molar-refractivity contribution in [2.24, 2.45) is 5.92 Å². The second kappa shape index (κ2) is 6.43. The summed E-state index contributed by atoms with van der Waals surface area (Å²) in [5.41, 5.74) is 0.537. The molecule has 0 radical (unpaired) electrons. The molecule has 0 saturated carbocycles. The van der Waals surface area contributed by atoms with Gasteiger partial charge >= 0.3 is 5.97 Å². The number of esters is 1. The van der Waals surface area contributed by atoms with Crippen LogP contribution in [0.25, 0.3) is 0 Å². The number of hydrogen-bond donors (Lipinski definition) is 3. The second-order valence-electron chi connectivity index (χ2n) is 4.88. The van der Waals surface area contributed by atoms with E-state index in [1.807, 2.05) is 20.8 Å². The highest BCUT2D eigenvalue weighted by Gasteiger charge is 2.25. The molecule has 0 saturated heterocycles. The third-order valence-electron chi connectivity index (χ3n) is 3.03. The van der Waals surface area contributed by atoms with E-state index in [1.54, 1.807) is 0 Å². The van der Waals surface area contributed by atoms with E-state index in [0.29, 0.717) is 5.56 Å². The molecule has 0 amide bonds. The van der Waals surface area contributed by atoms with Gasteiger partial charge in [-0.05, 0) is 31.0 Å². The molecule has 0 spiro atoms. The fraction of sp³-hybridized carbons (Fsp3) is 0.500. The summed E-state index contributed by atoms with van der Waals surface area (Å²) in [6.07, 6.45) is 0. The van der Waals surface area contributed by atoms with Crippen LogP contribution in [0.2, 0.25) is 0 Å². The standard InChI is InChI=1S/C14H21NO4/c1-8(2)13(14(18)19-4)15-9(3)11-7-10(16)5-6-12(11)17/h5-9,13,15-17H,1-4H3/t9?,13-/m0/s1. The zero-order valence-corrected chi connectivity index (χ0v) is 11.7. The molecule has 0 aliphatic rings. The van der Waals surface area contributed by atoms with Crippen LogP contribution in [0.3, 0.4) is 0 Å². The molecule has 2 atom stereocenters. The first-order valence-electron chi connectivity index (χ1n) is 6.22. The highest BCUT2D eigenvalue weighted by molar-refractivity contribution is 5.76. The molecule has 3 N–H and O–H groups in total. The van der Waals surface area contributed by atoms with Crippen molar-refractivity contribution in [1.29, 1.82) is 0 Å². The molecule has 1 rings (SSSR count). The van der Waals surface area contributed by atoms with Gasteiger partial charge in [0.25, 0.3) is 0 Å². The minimum atomic E-state index is -0.471. The average molecular weight is 267 g/mol. The summed E-state index contributed by atoms with van der Waals surface area (Å²) in [7, 11) is 1.34. The van der Waals surface area contributed by atoms with Crippen molar-refractivity contribution in [2.45, 2.75) is 32.9 Å². The highest BCUT2D eigenvalue weighted by atomic mass is 16.5. The minimum absolute atomic E-state index is 0.0503. The lowest BCUT2D eigenvalue weighted by Gasteiger charge is -2.25. The number of aromatic hydroxyl groups is 2. The minimum Gasteiger partial charge on any atom is -0.508 e.